The second kappa shape index (κ2) is 9.79. The standard InChI is InChI=1S/C17H28ClN3O3/c1-5-14(18)11(2)12(3)20-15(17(19)24-4)10-21-8-6-7-13(21)9-16(22)23/h12-13,19H,5-10H2,1-4H3,(H,22,23)/b14-11-,19-17?,20-15-/t12-,13-/m0/s1. The summed E-state index contributed by atoms with van der Waals surface area (Å²) in [5.41, 5.74) is 1.51. The van der Waals surface area contributed by atoms with Gasteiger partial charge in [0, 0.05) is 17.6 Å². The van der Waals surface area contributed by atoms with Gasteiger partial charge in [0.1, 0.15) is 5.71 Å². The predicted molar refractivity (Wildman–Crippen MR) is 97.3 cm³/mol. The Kier molecular flexibility index (Phi) is 8.42. The summed E-state index contributed by atoms with van der Waals surface area (Å²) in [6.07, 6.45) is 2.68. The Labute approximate surface area is 149 Å². The van der Waals surface area contributed by atoms with Gasteiger partial charge >= 0.3 is 5.97 Å². The van der Waals surface area contributed by atoms with Crippen LogP contribution in [0.4, 0.5) is 0 Å². The third kappa shape index (κ3) is 5.91. The van der Waals surface area contributed by atoms with Gasteiger partial charge in [-0.25, -0.2) is 0 Å². The Bertz CT molecular complexity index is 531. The maximum atomic E-state index is 11.0. The number of halogens is 1. The third-order valence-electron chi connectivity index (χ3n) is 4.44. The van der Waals surface area contributed by atoms with Crippen LogP contribution < -0.4 is 0 Å². The third-order valence-corrected chi connectivity index (χ3v) is 5.01. The normalized spacial score (nSPS) is 21.4. The Morgan fingerprint density at radius 1 is 1.54 bits per heavy atom. The molecule has 0 spiro atoms. The lowest BCUT2D eigenvalue weighted by atomic mass is 10.1. The number of allylic oxidation sites excluding steroid dienone is 1. The van der Waals surface area contributed by atoms with Gasteiger partial charge in [0.05, 0.1) is 19.6 Å². The quantitative estimate of drug-likeness (QED) is 0.515. The van der Waals surface area contributed by atoms with Gasteiger partial charge in [-0.2, -0.15) is 0 Å². The van der Waals surface area contributed by atoms with Crippen molar-refractivity contribution in [3.05, 3.63) is 10.6 Å². The number of nitrogens with zero attached hydrogens (tertiary/aromatic N) is 2. The van der Waals surface area contributed by atoms with Crippen LogP contribution in [0.1, 0.15) is 46.5 Å². The van der Waals surface area contributed by atoms with Crippen molar-refractivity contribution in [2.24, 2.45) is 4.99 Å². The minimum atomic E-state index is -0.797. The molecule has 7 heteroatoms. The zero-order valence-corrected chi connectivity index (χ0v) is 15.7. The molecule has 136 valence electrons. The van der Waals surface area contributed by atoms with E-state index >= 15 is 0 Å². The number of carbonyl (C=O) groups is 1. The highest BCUT2D eigenvalue weighted by molar-refractivity contribution is 6.38. The highest BCUT2D eigenvalue weighted by Crippen LogP contribution is 2.21. The average molecular weight is 358 g/mol. The van der Waals surface area contributed by atoms with E-state index in [9.17, 15) is 4.79 Å². The molecule has 1 rings (SSSR count). The lowest BCUT2D eigenvalue weighted by Gasteiger charge is -2.24. The van der Waals surface area contributed by atoms with Crippen LogP contribution in [0.25, 0.3) is 0 Å². The number of aliphatic carboxylic acids is 1. The molecule has 0 aromatic heterocycles. The lowest BCUT2D eigenvalue weighted by molar-refractivity contribution is -0.138. The summed E-state index contributed by atoms with van der Waals surface area (Å²) in [6, 6.07) is -0.160. The summed E-state index contributed by atoms with van der Waals surface area (Å²) in [6.45, 7) is 7.10. The zero-order chi connectivity index (χ0) is 18.3. The molecule has 0 aliphatic carbocycles. The molecule has 0 amide bonds. The van der Waals surface area contributed by atoms with E-state index in [0.29, 0.717) is 12.3 Å². The molecule has 1 aliphatic heterocycles. The number of aliphatic imine (C=N–C) groups is 1. The first-order chi connectivity index (χ1) is 11.3. The highest BCUT2D eigenvalue weighted by Gasteiger charge is 2.28. The molecule has 1 heterocycles. The van der Waals surface area contributed by atoms with E-state index in [0.717, 1.165) is 36.4 Å². The van der Waals surface area contributed by atoms with Gasteiger partial charge in [0.15, 0.2) is 0 Å². The van der Waals surface area contributed by atoms with Crippen LogP contribution in [0.5, 0.6) is 0 Å². The second-order valence-electron chi connectivity index (χ2n) is 6.09. The topological polar surface area (TPSA) is 86.0 Å². The van der Waals surface area contributed by atoms with E-state index in [2.05, 4.69) is 9.89 Å². The fraction of sp³-hybridized carbons (Fsp3) is 0.706. The van der Waals surface area contributed by atoms with Crippen LogP contribution >= 0.6 is 11.6 Å². The molecular weight excluding hydrogens is 330 g/mol. The molecule has 6 nitrogen and oxygen atoms in total. The van der Waals surface area contributed by atoms with Crippen molar-refractivity contribution in [1.82, 2.24) is 4.90 Å². The van der Waals surface area contributed by atoms with Crippen molar-refractivity contribution >= 4 is 29.2 Å². The number of carboxylic acids is 1. The fourth-order valence-corrected chi connectivity index (χ4v) is 3.01. The smallest absolute Gasteiger partial charge is 0.304 e. The number of ether oxygens (including phenoxy) is 1. The SMILES string of the molecule is CC/C(Cl)=C(\C)[C@H](C)/N=C(/CN1CCC[C@H]1CC(=O)O)C(=N)OC. The van der Waals surface area contributed by atoms with Gasteiger partial charge in [0.2, 0.25) is 5.90 Å². The largest absolute Gasteiger partial charge is 0.481 e. The lowest BCUT2D eigenvalue weighted by Crippen LogP contribution is -2.38. The number of carboxylic acid groups (broad SMARTS) is 1. The van der Waals surface area contributed by atoms with Crippen molar-refractivity contribution in [3.63, 3.8) is 0 Å². The van der Waals surface area contributed by atoms with E-state index in [1.165, 1.54) is 7.11 Å². The van der Waals surface area contributed by atoms with Crippen molar-refractivity contribution < 1.29 is 14.6 Å². The Morgan fingerprint density at radius 2 is 2.21 bits per heavy atom. The molecule has 0 unspecified atom stereocenters. The number of likely N-dealkylation sites (tertiary alicyclic amines) is 1. The Hall–Kier alpha value is -1.40. The van der Waals surface area contributed by atoms with E-state index < -0.39 is 5.97 Å². The molecule has 0 radical (unpaired) electrons. The molecule has 1 saturated heterocycles. The van der Waals surface area contributed by atoms with Gasteiger partial charge in [0.25, 0.3) is 0 Å². The van der Waals surface area contributed by atoms with Crippen molar-refractivity contribution in [2.75, 3.05) is 20.2 Å². The van der Waals surface area contributed by atoms with Crippen molar-refractivity contribution in [1.29, 1.82) is 5.41 Å². The highest BCUT2D eigenvalue weighted by atomic mass is 35.5. The molecule has 0 aromatic rings. The van der Waals surface area contributed by atoms with Gasteiger partial charge in [-0.05, 0) is 45.2 Å². The summed E-state index contributed by atoms with van der Waals surface area (Å²) in [5.74, 6) is -0.780. The zero-order valence-electron chi connectivity index (χ0n) is 14.9. The minimum Gasteiger partial charge on any atom is -0.481 e. The Morgan fingerprint density at radius 3 is 2.75 bits per heavy atom. The molecule has 0 aromatic carbocycles. The molecule has 2 N–H and O–H groups in total. The number of rotatable bonds is 8. The number of nitrogens with one attached hydrogen (secondary N) is 1. The predicted octanol–water partition coefficient (Wildman–Crippen LogP) is 3.30. The van der Waals surface area contributed by atoms with E-state index in [4.69, 9.17) is 26.9 Å². The van der Waals surface area contributed by atoms with Crippen LogP contribution in [0.2, 0.25) is 0 Å². The van der Waals surface area contributed by atoms with E-state index in [1.54, 1.807) is 0 Å². The summed E-state index contributed by atoms with van der Waals surface area (Å²) >= 11 is 6.21. The molecule has 0 bridgehead atoms. The fourth-order valence-electron chi connectivity index (χ4n) is 2.85. The molecule has 24 heavy (non-hydrogen) atoms. The first-order valence-corrected chi connectivity index (χ1v) is 8.68. The molecule has 0 saturated carbocycles. The number of hydrogen-bond donors (Lipinski definition) is 2. The molecule has 2 atom stereocenters. The minimum absolute atomic E-state index is 0.0106. The molecular formula is C17H28ClN3O3. The molecule has 1 fully saturated rings. The summed E-state index contributed by atoms with van der Waals surface area (Å²) in [5, 5.41) is 17.8. The first-order valence-electron chi connectivity index (χ1n) is 8.30. The van der Waals surface area contributed by atoms with Gasteiger partial charge in [-0.3, -0.25) is 20.1 Å². The molecule has 1 aliphatic rings. The summed E-state index contributed by atoms with van der Waals surface area (Å²) < 4.78 is 5.07. The average Bonchev–Trinajstić information content (AvgIpc) is 2.97. The van der Waals surface area contributed by atoms with Crippen LogP contribution in [0.15, 0.2) is 15.6 Å². The van der Waals surface area contributed by atoms with Gasteiger partial charge < -0.3 is 9.84 Å². The van der Waals surface area contributed by atoms with Gasteiger partial charge in [-0.1, -0.05) is 18.5 Å². The number of methoxy groups -OCH3 is 1. The summed E-state index contributed by atoms with van der Waals surface area (Å²) in [7, 11) is 1.45. The van der Waals surface area contributed by atoms with Crippen LogP contribution in [-0.2, 0) is 9.53 Å². The second-order valence-corrected chi connectivity index (χ2v) is 6.55. The van der Waals surface area contributed by atoms with Crippen LogP contribution in [-0.4, -0.2) is 59.9 Å². The maximum absolute atomic E-state index is 11.0. The van der Waals surface area contributed by atoms with Crippen molar-refractivity contribution in [3.8, 4) is 0 Å². The number of hydrogen-bond acceptors (Lipinski definition) is 5. The van der Waals surface area contributed by atoms with Crippen molar-refractivity contribution in [2.45, 2.75) is 58.5 Å². The Balaban J connectivity index is 2.95. The monoisotopic (exact) mass is 357 g/mol. The first kappa shape index (κ1) is 20.6. The van der Waals surface area contributed by atoms with Crippen LogP contribution in [0.3, 0.4) is 0 Å². The maximum Gasteiger partial charge on any atom is 0.304 e. The van der Waals surface area contributed by atoms with Crippen LogP contribution in [0, 0.1) is 5.41 Å². The van der Waals surface area contributed by atoms with Gasteiger partial charge in [-0.15, -0.1) is 0 Å². The van der Waals surface area contributed by atoms with E-state index in [1.807, 2.05) is 20.8 Å². The van der Waals surface area contributed by atoms with E-state index in [-0.39, 0.29) is 24.4 Å². The summed E-state index contributed by atoms with van der Waals surface area (Å²) in [4.78, 5) is 17.7.